The van der Waals surface area contributed by atoms with Gasteiger partial charge in [0.25, 0.3) is 5.91 Å². The van der Waals surface area contributed by atoms with Crippen LogP contribution in [0.3, 0.4) is 0 Å². The lowest BCUT2D eigenvalue weighted by atomic mass is 9.95. The molecular weight excluding hydrogens is 350 g/mol. The molecule has 2 aliphatic heterocycles. The van der Waals surface area contributed by atoms with E-state index >= 15 is 0 Å². The maximum Gasteiger partial charge on any atom is 0.253 e. The summed E-state index contributed by atoms with van der Waals surface area (Å²) in [5.41, 5.74) is 2.95. The zero-order valence-corrected chi connectivity index (χ0v) is 17.2. The van der Waals surface area contributed by atoms with Gasteiger partial charge in [-0.15, -0.1) is 0 Å². The molecule has 0 radical (unpaired) electrons. The van der Waals surface area contributed by atoms with Gasteiger partial charge in [0, 0.05) is 43.8 Å². The molecule has 1 aromatic rings. The molecule has 1 atom stereocenters. The van der Waals surface area contributed by atoms with Crippen molar-refractivity contribution in [3.8, 4) is 0 Å². The molecule has 1 aliphatic carbocycles. The SMILES string of the molecule is Cc1cc(C)cc(C(=O)N2CCCC(C(=O)NC3CCN(C4CC4)CC3)C2)c1. The van der Waals surface area contributed by atoms with Crippen LogP contribution in [0.15, 0.2) is 18.2 Å². The molecule has 1 saturated carbocycles. The number of nitrogens with one attached hydrogen (secondary N) is 1. The quantitative estimate of drug-likeness (QED) is 0.870. The third kappa shape index (κ3) is 4.57. The fourth-order valence-corrected chi connectivity index (χ4v) is 4.82. The molecule has 2 amide bonds. The van der Waals surface area contributed by atoms with Crippen molar-refractivity contribution in [3.05, 3.63) is 34.9 Å². The highest BCUT2D eigenvalue weighted by Gasteiger charge is 2.34. The minimum absolute atomic E-state index is 0.0574. The number of amides is 2. The van der Waals surface area contributed by atoms with E-state index in [-0.39, 0.29) is 17.7 Å². The van der Waals surface area contributed by atoms with Gasteiger partial charge in [-0.2, -0.15) is 0 Å². The second kappa shape index (κ2) is 8.24. The molecule has 28 heavy (non-hydrogen) atoms. The van der Waals surface area contributed by atoms with Gasteiger partial charge in [0.15, 0.2) is 0 Å². The van der Waals surface area contributed by atoms with Crippen molar-refractivity contribution < 1.29 is 9.59 Å². The number of aryl methyl sites for hydroxylation is 2. The van der Waals surface area contributed by atoms with E-state index < -0.39 is 0 Å². The van der Waals surface area contributed by atoms with E-state index in [0.717, 1.165) is 68.0 Å². The van der Waals surface area contributed by atoms with Crippen LogP contribution < -0.4 is 5.32 Å². The average Bonchev–Trinajstić information content (AvgIpc) is 3.52. The average molecular weight is 384 g/mol. The van der Waals surface area contributed by atoms with Gasteiger partial charge >= 0.3 is 0 Å². The third-order valence-corrected chi connectivity index (χ3v) is 6.49. The molecule has 152 valence electrons. The number of carbonyl (C=O) groups excluding carboxylic acids is 2. The predicted octanol–water partition coefficient (Wildman–Crippen LogP) is 2.90. The molecule has 0 aromatic heterocycles. The van der Waals surface area contributed by atoms with E-state index in [1.54, 1.807) is 0 Å². The summed E-state index contributed by atoms with van der Waals surface area (Å²) in [5.74, 6) is 0.120. The van der Waals surface area contributed by atoms with Crippen molar-refractivity contribution in [2.75, 3.05) is 26.2 Å². The maximum atomic E-state index is 13.0. The lowest BCUT2D eigenvalue weighted by Crippen LogP contribution is -2.50. The molecule has 4 rings (SSSR count). The van der Waals surface area contributed by atoms with Crippen LogP contribution in [0, 0.1) is 19.8 Å². The highest BCUT2D eigenvalue weighted by molar-refractivity contribution is 5.95. The Morgan fingerprint density at radius 1 is 0.929 bits per heavy atom. The summed E-state index contributed by atoms with van der Waals surface area (Å²) >= 11 is 0. The summed E-state index contributed by atoms with van der Waals surface area (Å²) in [5, 5.41) is 3.28. The van der Waals surface area contributed by atoms with Crippen LogP contribution in [0.5, 0.6) is 0 Å². The summed E-state index contributed by atoms with van der Waals surface area (Å²) < 4.78 is 0. The van der Waals surface area contributed by atoms with E-state index in [1.807, 2.05) is 30.9 Å². The minimum Gasteiger partial charge on any atom is -0.353 e. The van der Waals surface area contributed by atoms with Crippen molar-refractivity contribution >= 4 is 11.8 Å². The van der Waals surface area contributed by atoms with Crippen molar-refractivity contribution in [1.82, 2.24) is 15.1 Å². The Bertz CT molecular complexity index is 715. The second-order valence-electron chi connectivity index (χ2n) is 9.02. The van der Waals surface area contributed by atoms with Crippen molar-refractivity contribution in [1.29, 1.82) is 0 Å². The van der Waals surface area contributed by atoms with Gasteiger partial charge in [-0.25, -0.2) is 0 Å². The predicted molar refractivity (Wildman–Crippen MR) is 110 cm³/mol. The lowest BCUT2D eigenvalue weighted by Gasteiger charge is -2.35. The Morgan fingerprint density at radius 3 is 2.25 bits per heavy atom. The molecule has 1 unspecified atom stereocenters. The number of benzene rings is 1. The Labute approximate surface area is 168 Å². The van der Waals surface area contributed by atoms with Crippen LogP contribution in [-0.4, -0.2) is 59.9 Å². The Morgan fingerprint density at radius 2 is 1.61 bits per heavy atom. The topological polar surface area (TPSA) is 52.7 Å². The molecule has 0 bridgehead atoms. The molecule has 0 spiro atoms. The summed E-state index contributed by atoms with van der Waals surface area (Å²) in [6.45, 7) is 7.54. The number of carbonyl (C=O) groups is 2. The summed E-state index contributed by atoms with van der Waals surface area (Å²) in [6, 6.07) is 7.10. The maximum absolute atomic E-state index is 13.0. The molecule has 1 N–H and O–H groups in total. The first-order chi connectivity index (χ1) is 13.5. The van der Waals surface area contributed by atoms with E-state index in [0.29, 0.717) is 12.6 Å². The van der Waals surface area contributed by atoms with Crippen LogP contribution >= 0.6 is 0 Å². The minimum atomic E-state index is -0.0786. The number of likely N-dealkylation sites (tertiary alicyclic amines) is 2. The number of piperidine rings is 2. The summed E-state index contributed by atoms with van der Waals surface area (Å²) in [6.07, 6.45) is 6.59. The van der Waals surface area contributed by atoms with Gasteiger partial charge in [0.05, 0.1) is 5.92 Å². The van der Waals surface area contributed by atoms with Gasteiger partial charge < -0.3 is 15.1 Å². The molecule has 3 aliphatic rings. The highest BCUT2D eigenvalue weighted by Crippen LogP contribution is 2.29. The zero-order valence-electron chi connectivity index (χ0n) is 17.2. The van der Waals surface area contributed by atoms with Crippen molar-refractivity contribution in [2.45, 2.75) is 64.5 Å². The molecule has 3 fully saturated rings. The zero-order chi connectivity index (χ0) is 19.7. The standard InChI is InChI=1S/C23H33N3O2/c1-16-12-17(2)14-19(13-16)23(28)26-9-3-4-18(15-26)22(27)24-20-7-10-25(11-8-20)21-5-6-21/h12-14,18,20-21H,3-11,15H2,1-2H3,(H,24,27). The first-order valence-electron chi connectivity index (χ1n) is 10.9. The molecule has 2 heterocycles. The highest BCUT2D eigenvalue weighted by atomic mass is 16.2. The molecule has 2 saturated heterocycles. The summed E-state index contributed by atoms with van der Waals surface area (Å²) in [7, 11) is 0. The monoisotopic (exact) mass is 383 g/mol. The van der Waals surface area contributed by atoms with Crippen LogP contribution in [0.25, 0.3) is 0 Å². The van der Waals surface area contributed by atoms with Crippen LogP contribution in [-0.2, 0) is 4.79 Å². The number of rotatable bonds is 4. The van der Waals surface area contributed by atoms with Crippen LogP contribution in [0.2, 0.25) is 0 Å². The van der Waals surface area contributed by atoms with Gasteiger partial charge in [-0.05, 0) is 64.5 Å². The number of nitrogens with zero attached hydrogens (tertiary/aromatic N) is 2. The van der Waals surface area contributed by atoms with Gasteiger partial charge in [0.2, 0.25) is 5.91 Å². The van der Waals surface area contributed by atoms with E-state index in [9.17, 15) is 9.59 Å². The molecule has 5 nitrogen and oxygen atoms in total. The van der Waals surface area contributed by atoms with Gasteiger partial charge in [-0.3, -0.25) is 9.59 Å². The normalized spacial score (nSPS) is 24.2. The smallest absolute Gasteiger partial charge is 0.253 e. The fraction of sp³-hybridized carbons (Fsp3) is 0.652. The molecule has 1 aromatic carbocycles. The van der Waals surface area contributed by atoms with E-state index in [1.165, 1.54) is 12.8 Å². The van der Waals surface area contributed by atoms with Crippen LogP contribution in [0.4, 0.5) is 0 Å². The van der Waals surface area contributed by atoms with Gasteiger partial charge in [0.1, 0.15) is 0 Å². The Balaban J connectivity index is 1.31. The Hall–Kier alpha value is -1.88. The summed E-state index contributed by atoms with van der Waals surface area (Å²) in [4.78, 5) is 30.3. The van der Waals surface area contributed by atoms with Crippen molar-refractivity contribution in [3.63, 3.8) is 0 Å². The first kappa shape index (κ1) is 19.4. The molecular formula is C23H33N3O2. The van der Waals surface area contributed by atoms with Gasteiger partial charge in [-0.1, -0.05) is 17.2 Å². The van der Waals surface area contributed by atoms with Crippen molar-refractivity contribution in [2.24, 2.45) is 5.92 Å². The largest absolute Gasteiger partial charge is 0.353 e. The van der Waals surface area contributed by atoms with E-state index in [2.05, 4.69) is 16.3 Å². The number of hydrogen-bond acceptors (Lipinski definition) is 3. The number of hydrogen-bond donors (Lipinski definition) is 1. The van der Waals surface area contributed by atoms with E-state index in [4.69, 9.17) is 0 Å². The fourth-order valence-electron chi connectivity index (χ4n) is 4.82. The Kier molecular flexibility index (Phi) is 5.72. The molecule has 5 heteroatoms. The third-order valence-electron chi connectivity index (χ3n) is 6.49. The second-order valence-corrected chi connectivity index (χ2v) is 9.02. The lowest BCUT2D eigenvalue weighted by molar-refractivity contribution is -0.127. The first-order valence-corrected chi connectivity index (χ1v) is 10.9. The van der Waals surface area contributed by atoms with Crippen LogP contribution in [0.1, 0.15) is 60.0 Å².